The van der Waals surface area contributed by atoms with Gasteiger partial charge < -0.3 is 9.32 Å². The van der Waals surface area contributed by atoms with Gasteiger partial charge in [0.25, 0.3) is 0 Å². The zero-order valence-electron chi connectivity index (χ0n) is 26.6. The lowest BCUT2D eigenvalue weighted by atomic mass is 9.35. The molecule has 0 spiro atoms. The van der Waals surface area contributed by atoms with E-state index in [2.05, 4.69) is 175 Å². The van der Waals surface area contributed by atoms with Crippen LogP contribution in [0.3, 0.4) is 0 Å². The second-order valence-corrected chi connectivity index (χ2v) is 13.2. The fourth-order valence-electron chi connectivity index (χ4n) is 8.68. The minimum atomic E-state index is 0.0706. The third kappa shape index (κ3) is 3.73. The first-order chi connectivity index (χ1) is 24.3. The molecule has 2 heterocycles. The summed E-state index contributed by atoms with van der Waals surface area (Å²) < 4.78 is 6.65. The van der Waals surface area contributed by atoms with Crippen LogP contribution < -0.4 is 21.3 Å². The van der Waals surface area contributed by atoms with E-state index in [0.717, 1.165) is 22.2 Å². The van der Waals surface area contributed by atoms with Gasteiger partial charge >= 0.3 is 0 Å². The van der Waals surface area contributed by atoms with Crippen LogP contribution in [0.2, 0.25) is 0 Å². The van der Waals surface area contributed by atoms with Crippen molar-refractivity contribution in [3.8, 4) is 33.4 Å². The molecular weight excluding hydrogens is 593 g/mol. The van der Waals surface area contributed by atoms with E-state index in [1.54, 1.807) is 0 Å². The highest BCUT2D eigenvalue weighted by atomic mass is 16.3. The smallest absolute Gasteiger partial charge is 0.246 e. The SMILES string of the molecule is c1ccc(B2c3ccccc3N(c3ccccc3)c3ccc(-c4c5c(cc6oc7ccccc7c46)-c4cccc6cccc-5c46)cc32)cc1. The number of rotatable bonds is 3. The van der Waals surface area contributed by atoms with Crippen LogP contribution in [0.4, 0.5) is 17.1 Å². The first-order valence-electron chi connectivity index (χ1n) is 17.0. The van der Waals surface area contributed by atoms with E-state index in [9.17, 15) is 0 Å². The number of para-hydroxylation sites is 3. The standard InChI is InChI=1S/C46H28BNO/c1-3-15-31(16-4-1)47-37-22-8-9-23-39(37)48(32-17-5-2-6-18-32)40-26-25-30(27-38(40)47)44-45-35-21-12-14-29-13-11-20-33(43(29)35)36(45)28-42-46(44)34-19-7-10-24-41(34)49-42/h1-28H. The Morgan fingerprint density at radius 3 is 2.02 bits per heavy atom. The van der Waals surface area contributed by atoms with Crippen LogP contribution in [0.1, 0.15) is 0 Å². The third-order valence-corrected chi connectivity index (χ3v) is 10.6. The molecule has 2 aliphatic rings. The summed E-state index contributed by atoms with van der Waals surface area (Å²) in [5.74, 6) is 0. The third-order valence-electron chi connectivity index (χ3n) is 10.6. The van der Waals surface area contributed by atoms with Crippen LogP contribution in [0.15, 0.2) is 174 Å². The molecule has 0 N–H and O–H groups in total. The van der Waals surface area contributed by atoms with Crippen LogP contribution in [0.5, 0.6) is 0 Å². The molecule has 0 unspecified atom stereocenters. The lowest BCUT2D eigenvalue weighted by Crippen LogP contribution is -2.57. The van der Waals surface area contributed by atoms with Crippen LogP contribution in [0.25, 0.3) is 66.1 Å². The van der Waals surface area contributed by atoms with Gasteiger partial charge in [0.2, 0.25) is 6.71 Å². The minimum Gasteiger partial charge on any atom is -0.456 e. The first kappa shape index (κ1) is 26.7. The maximum absolute atomic E-state index is 6.65. The number of fused-ring (bicyclic) bond motifs is 8. The lowest BCUT2D eigenvalue weighted by molar-refractivity contribution is 0.669. The van der Waals surface area contributed by atoms with Gasteiger partial charge in [0.15, 0.2) is 0 Å². The number of hydrogen-bond donors (Lipinski definition) is 0. The normalized spacial score (nSPS) is 12.8. The van der Waals surface area contributed by atoms with E-state index < -0.39 is 0 Å². The van der Waals surface area contributed by atoms with Gasteiger partial charge in [-0.25, -0.2) is 0 Å². The average Bonchev–Trinajstić information content (AvgIpc) is 3.70. The van der Waals surface area contributed by atoms with Gasteiger partial charge in [-0.3, -0.25) is 0 Å². The first-order valence-corrected chi connectivity index (χ1v) is 17.0. The van der Waals surface area contributed by atoms with E-state index in [1.807, 2.05) is 0 Å². The van der Waals surface area contributed by atoms with Gasteiger partial charge in [-0.15, -0.1) is 0 Å². The molecule has 11 rings (SSSR count). The molecule has 1 aromatic heterocycles. The molecule has 0 atom stereocenters. The van der Waals surface area contributed by atoms with Crippen molar-refractivity contribution in [1.82, 2.24) is 0 Å². The number of hydrogen-bond acceptors (Lipinski definition) is 2. The fourth-order valence-corrected chi connectivity index (χ4v) is 8.68. The van der Waals surface area contributed by atoms with E-state index >= 15 is 0 Å². The number of benzene rings is 8. The molecule has 8 aromatic carbocycles. The molecule has 1 aliphatic carbocycles. The van der Waals surface area contributed by atoms with Gasteiger partial charge in [-0.05, 0) is 85.9 Å². The number of anilines is 3. The highest BCUT2D eigenvalue weighted by Gasteiger charge is 2.36. The molecule has 1 aliphatic heterocycles. The van der Waals surface area contributed by atoms with Crippen molar-refractivity contribution in [2.24, 2.45) is 0 Å². The molecule has 49 heavy (non-hydrogen) atoms. The Kier molecular flexibility index (Phi) is 5.50. The van der Waals surface area contributed by atoms with Crippen LogP contribution >= 0.6 is 0 Å². The fraction of sp³-hybridized carbons (Fsp3) is 0. The van der Waals surface area contributed by atoms with E-state index in [-0.39, 0.29) is 6.71 Å². The van der Waals surface area contributed by atoms with Crippen LogP contribution in [-0.2, 0) is 0 Å². The molecule has 0 bridgehead atoms. The lowest BCUT2D eigenvalue weighted by Gasteiger charge is -2.37. The van der Waals surface area contributed by atoms with Gasteiger partial charge in [0, 0.05) is 33.4 Å². The highest BCUT2D eigenvalue weighted by molar-refractivity contribution is 6.98. The molecule has 0 amide bonds. The summed E-state index contributed by atoms with van der Waals surface area (Å²) in [7, 11) is 0. The monoisotopic (exact) mass is 621 g/mol. The maximum atomic E-state index is 6.65. The van der Waals surface area contributed by atoms with Crippen molar-refractivity contribution in [3.63, 3.8) is 0 Å². The van der Waals surface area contributed by atoms with Crippen molar-refractivity contribution in [3.05, 3.63) is 170 Å². The quantitative estimate of drug-likeness (QED) is 0.183. The Labute approximate surface area is 284 Å². The van der Waals surface area contributed by atoms with Crippen LogP contribution in [-0.4, -0.2) is 6.71 Å². The second-order valence-electron chi connectivity index (χ2n) is 13.2. The summed E-state index contributed by atoms with van der Waals surface area (Å²) in [4.78, 5) is 2.43. The Balaban J connectivity index is 1.26. The Morgan fingerprint density at radius 2 is 1.16 bits per heavy atom. The zero-order chi connectivity index (χ0) is 32.1. The van der Waals surface area contributed by atoms with Crippen molar-refractivity contribution in [2.75, 3.05) is 4.90 Å². The minimum absolute atomic E-state index is 0.0706. The van der Waals surface area contributed by atoms with E-state index in [0.29, 0.717) is 0 Å². The van der Waals surface area contributed by atoms with Crippen LogP contribution in [0, 0.1) is 0 Å². The predicted octanol–water partition coefficient (Wildman–Crippen LogP) is 10.4. The molecule has 9 aromatic rings. The summed E-state index contributed by atoms with van der Waals surface area (Å²) in [5.41, 5.74) is 16.8. The van der Waals surface area contributed by atoms with Gasteiger partial charge in [-0.2, -0.15) is 0 Å². The molecule has 3 heteroatoms. The van der Waals surface area contributed by atoms with Gasteiger partial charge in [0.1, 0.15) is 11.2 Å². The molecule has 0 saturated carbocycles. The van der Waals surface area contributed by atoms with E-state index in [4.69, 9.17) is 4.42 Å². The van der Waals surface area contributed by atoms with Crippen molar-refractivity contribution >= 4 is 72.9 Å². The number of furan rings is 1. The second kappa shape index (κ2) is 10.1. The van der Waals surface area contributed by atoms with Crippen molar-refractivity contribution < 1.29 is 4.42 Å². The largest absolute Gasteiger partial charge is 0.456 e. The summed E-state index contributed by atoms with van der Waals surface area (Å²) in [6.07, 6.45) is 0. The topological polar surface area (TPSA) is 16.4 Å². The Hall–Kier alpha value is -6.32. The molecule has 2 nitrogen and oxygen atoms in total. The summed E-state index contributed by atoms with van der Waals surface area (Å²) in [6.45, 7) is 0.0706. The van der Waals surface area contributed by atoms with Gasteiger partial charge in [-0.1, -0.05) is 139 Å². The summed E-state index contributed by atoms with van der Waals surface area (Å²) in [5, 5.41) is 4.91. The molecule has 0 fully saturated rings. The summed E-state index contributed by atoms with van der Waals surface area (Å²) in [6, 6.07) is 62.0. The zero-order valence-corrected chi connectivity index (χ0v) is 26.6. The molecule has 0 radical (unpaired) electrons. The van der Waals surface area contributed by atoms with Crippen molar-refractivity contribution in [1.29, 1.82) is 0 Å². The average molecular weight is 622 g/mol. The summed E-state index contributed by atoms with van der Waals surface area (Å²) >= 11 is 0. The Bertz CT molecular complexity index is 2780. The molecular formula is C46H28BNO. The maximum Gasteiger partial charge on any atom is 0.246 e. The number of nitrogens with zero attached hydrogens (tertiary/aromatic N) is 1. The van der Waals surface area contributed by atoms with Gasteiger partial charge in [0.05, 0.1) is 0 Å². The predicted molar refractivity (Wildman–Crippen MR) is 207 cm³/mol. The Morgan fingerprint density at radius 1 is 0.449 bits per heavy atom. The molecule has 226 valence electrons. The molecule has 0 saturated heterocycles. The van der Waals surface area contributed by atoms with Crippen molar-refractivity contribution in [2.45, 2.75) is 0 Å². The van der Waals surface area contributed by atoms with E-state index in [1.165, 1.54) is 77.3 Å². The highest BCUT2D eigenvalue weighted by Crippen LogP contribution is 2.55.